The molecule has 1 N–H and O–H groups in total. The Bertz CT molecular complexity index is 497. The zero-order chi connectivity index (χ0) is 12.1. The Kier molecular flexibility index (Phi) is 4.51. The molecule has 1 aromatic heterocycles. The fraction of sp³-hybridized carbons (Fsp3) is 0.357. The number of unbranched alkanes of at least 4 members (excludes halogenated alkanes) is 1. The van der Waals surface area contributed by atoms with Gasteiger partial charge in [0.15, 0.2) is 0 Å². The maximum Gasteiger partial charge on any atom is 0.0758 e. The number of hydrogen-bond acceptors (Lipinski definition) is 2. The van der Waals surface area contributed by atoms with Crippen LogP contribution < -0.4 is 5.32 Å². The van der Waals surface area contributed by atoms with Crippen molar-refractivity contribution < 1.29 is 0 Å². The normalized spacial score (nSPS) is 10.9. The summed E-state index contributed by atoms with van der Waals surface area (Å²) in [6, 6.07) is 8.31. The zero-order valence-corrected chi connectivity index (χ0v) is 11.6. The zero-order valence-electron chi connectivity index (χ0n) is 10.0. The topological polar surface area (TPSA) is 24.9 Å². The molecule has 90 valence electrons. The molecule has 0 saturated carbocycles. The number of halogens is 1. The predicted octanol–water partition coefficient (Wildman–Crippen LogP) is 3.89. The standard InChI is InChI=1S/C14H17BrN2/c1-2-3-8-16-10-11-6-7-13(15)12-5-4-9-17-14(11)12/h4-7,9,16H,2-3,8,10H2,1H3. The lowest BCUT2D eigenvalue weighted by Gasteiger charge is -2.08. The summed E-state index contributed by atoms with van der Waals surface area (Å²) in [6.07, 6.45) is 4.30. The van der Waals surface area contributed by atoms with Gasteiger partial charge in [0, 0.05) is 22.6 Å². The van der Waals surface area contributed by atoms with Crippen molar-refractivity contribution in [3.63, 3.8) is 0 Å². The molecule has 0 bridgehead atoms. The third kappa shape index (κ3) is 3.05. The number of nitrogens with one attached hydrogen (secondary N) is 1. The van der Waals surface area contributed by atoms with Gasteiger partial charge < -0.3 is 5.32 Å². The second-order valence-corrected chi connectivity index (χ2v) is 4.99. The summed E-state index contributed by atoms with van der Waals surface area (Å²) in [7, 11) is 0. The number of rotatable bonds is 5. The predicted molar refractivity (Wildman–Crippen MR) is 76.1 cm³/mol. The van der Waals surface area contributed by atoms with Gasteiger partial charge in [-0.1, -0.05) is 41.4 Å². The molecule has 1 heterocycles. The summed E-state index contributed by atoms with van der Waals surface area (Å²) in [5.74, 6) is 0. The number of pyridine rings is 1. The van der Waals surface area contributed by atoms with Crippen LogP contribution in [0.3, 0.4) is 0 Å². The van der Waals surface area contributed by atoms with Gasteiger partial charge in [0.25, 0.3) is 0 Å². The molecule has 0 aliphatic rings. The molecule has 0 atom stereocenters. The van der Waals surface area contributed by atoms with Crippen LogP contribution in [0.5, 0.6) is 0 Å². The number of nitrogens with zero attached hydrogens (tertiary/aromatic N) is 1. The molecule has 0 amide bonds. The molecule has 0 saturated heterocycles. The van der Waals surface area contributed by atoms with Crippen molar-refractivity contribution in [1.29, 1.82) is 0 Å². The van der Waals surface area contributed by atoms with Crippen molar-refractivity contribution >= 4 is 26.8 Å². The highest BCUT2D eigenvalue weighted by Crippen LogP contribution is 2.24. The lowest BCUT2D eigenvalue weighted by Crippen LogP contribution is -2.14. The second kappa shape index (κ2) is 6.12. The average molecular weight is 293 g/mol. The molecular formula is C14H17BrN2. The van der Waals surface area contributed by atoms with E-state index in [1.54, 1.807) is 0 Å². The van der Waals surface area contributed by atoms with Gasteiger partial charge in [0.1, 0.15) is 0 Å². The molecule has 17 heavy (non-hydrogen) atoms. The van der Waals surface area contributed by atoms with Gasteiger partial charge in [-0.3, -0.25) is 4.98 Å². The maximum absolute atomic E-state index is 4.47. The van der Waals surface area contributed by atoms with Crippen molar-refractivity contribution in [3.8, 4) is 0 Å². The molecule has 2 rings (SSSR count). The van der Waals surface area contributed by atoms with E-state index in [9.17, 15) is 0 Å². The van der Waals surface area contributed by atoms with Crippen LogP contribution in [0.2, 0.25) is 0 Å². The number of hydrogen-bond donors (Lipinski definition) is 1. The van der Waals surface area contributed by atoms with Crippen LogP contribution in [0, 0.1) is 0 Å². The first-order valence-corrected chi connectivity index (χ1v) is 6.85. The van der Waals surface area contributed by atoms with Gasteiger partial charge in [0.05, 0.1) is 5.52 Å². The van der Waals surface area contributed by atoms with E-state index in [4.69, 9.17) is 0 Å². The summed E-state index contributed by atoms with van der Waals surface area (Å²) in [6.45, 7) is 4.17. The van der Waals surface area contributed by atoms with E-state index in [0.717, 1.165) is 23.1 Å². The molecule has 0 fully saturated rings. The summed E-state index contributed by atoms with van der Waals surface area (Å²) < 4.78 is 1.11. The summed E-state index contributed by atoms with van der Waals surface area (Å²) in [5.41, 5.74) is 2.35. The Morgan fingerprint density at radius 1 is 1.29 bits per heavy atom. The molecule has 0 aliphatic heterocycles. The Balaban J connectivity index is 2.20. The Labute approximate surface area is 111 Å². The van der Waals surface area contributed by atoms with Gasteiger partial charge >= 0.3 is 0 Å². The molecule has 0 radical (unpaired) electrons. The number of benzene rings is 1. The molecular weight excluding hydrogens is 276 g/mol. The van der Waals surface area contributed by atoms with Crippen molar-refractivity contribution in [1.82, 2.24) is 10.3 Å². The van der Waals surface area contributed by atoms with Crippen LogP contribution in [0.1, 0.15) is 25.3 Å². The summed E-state index contributed by atoms with van der Waals surface area (Å²) >= 11 is 3.56. The smallest absolute Gasteiger partial charge is 0.0758 e. The average Bonchev–Trinajstić information content (AvgIpc) is 2.37. The third-order valence-electron chi connectivity index (χ3n) is 2.82. The third-order valence-corrected chi connectivity index (χ3v) is 3.51. The first kappa shape index (κ1) is 12.5. The van der Waals surface area contributed by atoms with Crippen molar-refractivity contribution in [2.45, 2.75) is 26.3 Å². The first-order valence-electron chi connectivity index (χ1n) is 6.05. The largest absolute Gasteiger partial charge is 0.313 e. The summed E-state index contributed by atoms with van der Waals surface area (Å²) in [5, 5.41) is 4.64. The van der Waals surface area contributed by atoms with Crippen LogP contribution in [-0.2, 0) is 6.54 Å². The Morgan fingerprint density at radius 2 is 2.18 bits per heavy atom. The van der Waals surface area contributed by atoms with Gasteiger partial charge in [-0.25, -0.2) is 0 Å². The maximum atomic E-state index is 4.47. The molecule has 0 aliphatic carbocycles. The van der Waals surface area contributed by atoms with Crippen LogP contribution in [-0.4, -0.2) is 11.5 Å². The highest BCUT2D eigenvalue weighted by molar-refractivity contribution is 9.10. The van der Waals surface area contributed by atoms with E-state index < -0.39 is 0 Å². The summed E-state index contributed by atoms with van der Waals surface area (Å²) in [4.78, 5) is 4.47. The van der Waals surface area contributed by atoms with E-state index in [1.165, 1.54) is 23.8 Å². The van der Waals surface area contributed by atoms with E-state index in [1.807, 2.05) is 12.3 Å². The minimum atomic E-state index is 0.890. The fourth-order valence-corrected chi connectivity index (χ4v) is 2.32. The molecule has 0 unspecified atom stereocenters. The lowest BCUT2D eigenvalue weighted by molar-refractivity contribution is 0.643. The Hall–Kier alpha value is -0.930. The van der Waals surface area contributed by atoms with Gasteiger partial charge in [0.2, 0.25) is 0 Å². The highest BCUT2D eigenvalue weighted by Gasteiger charge is 2.04. The number of fused-ring (bicyclic) bond motifs is 1. The second-order valence-electron chi connectivity index (χ2n) is 4.14. The van der Waals surface area contributed by atoms with Crippen LogP contribution in [0.15, 0.2) is 34.9 Å². The SMILES string of the molecule is CCCCNCc1ccc(Br)c2cccnc12. The van der Waals surface area contributed by atoms with Crippen molar-refractivity contribution in [2.24, 2.45) is 0 Å². The van der Waals surface area contributed by atoms with Crippen molar-refractivity contribution in [2.75, 3.05) is 6.54 Å². The molecule has 2 aromatic rings. The van der Waals surface area contributed by atoms with E-state index in [0.29, 0.717) is 0 Å². The fourth-order valence-electron chi connectivity index (χ4n) is 1.86. The monoisotopic (exact) mass is 292 g/mol. The molecule has 2 nitrogen and oxygen atoms in total. The minimum absolute atomic E-state index is 0.890. The number of aromatic nitrogens is 1. The lowest BCUT2D eigenvalue weighted by atomic mass is 10.1. The van der Waals surface area contributed by atoms with Gasteiger partial charge in [-0.05, 0) is 30.7 Å². The minimum Gasteiger partial charge on any atom is -0.313 e. The molecule has 3 heteroatoms. The van der Waals surface area contributed by atoms with Gasteiger partial charge in [-0.15, -0.1) is 0 Å². The van der Waals surface area contributed by atoms with E-state index >= 15 is 0 Å². The highest BCUT2D eigenvalue weighted by atomic mass is 79.9. The Morgan fingerprint density at radius 3 is 3.00 bits per heavy atom. The van der Waals surface area contributed by atoms with E-state index in [-0.39, 0.29) is 0 Å². The molecule has 0 spiro atoms. The molecule has 1 aromatic carbocycles. The first-order chi connectivity index (χ1) is 8.33. The van der Waals surface area contributed by atoms with Crippen LogP contribution in [0.4, 0.5) is 0 Å². The van der Waals surface area contributed by atoms with E-state index in [2.05, 4.69) is 51.4 Å². The van der Waals surface area contributed by atoms with Gasteiger partial charge in [-0.2, -0.15) is 0 Å². The van der Waals surface area contributed by atoms with Crippen LogP contribution in [0.25, 0.3) is 10.9 Å². The quantitative estimate of drug-likeness (QED) is 0.846. The van der Waals surface area contributed by atoms with Crippen LogP contribution >= 0.6 is 15.9 Å². The van der Waals surface area contributed by atoms with Crippen molar-refractivity contribution in [3.05, 3.63) is 40.5 Å².